The molecule has 2 rings (SSSR count). The van der Waals surface area contributed by atoms with Crippen LogP contribution in [0.4, 0.5) is 0 Å². The van der Waals surface area contributed by atoms with Gasteiger partial charge in [0, 0.05) is 6.07 Å². The van der Waals surface area contributed by atoms with Crippen molar-refractivity contribution >= 4 is 10.9 Å². The lowest BCUT2D eigenvalue weighted by atomic mass is 10.3. The number of fused-ring (bicyclic) bond motifs is 1. The molecule has 0 unspecified atom stereocenters. The van der Waals surface area contributed by atoms with Crippen LogP contribution in [-0.4, -0.2) is 15.4 Å². The molecule has 0 aliphatic carbocycles. The quantitative estimate of drug-likeness (QED) is 0.378. The fraction of sp³-hybridized carbons (Fsp3) is 0. The average molecular weight is 148 g/mol. The standard InChI is InChI=1S/C6H4N4O/c11-10-2-1-6-5(4-10)3-7-9-8-6/h1-4H. The Kier molecular flexibility index (Phi) is 1.15. The highest BCUT2D eigenvalue weighted by molar-refractivity contribution is 5.74. The van der Waals surface area contributed by atoms with E-state index in [1.54, 1.807) is 6.07 Å². The highest BCUT2D eigenvalue weighted by atomic mass is 16.5. The van der Waals surface area contributed by atoms with Gasteiger partial charge in [-0.05, 0) is 5.21 Å². The second-order valence-electron chi connectivity index (χ2n) is 2.08. The van der Waals surface area contributed by atoms with Gasteiger partial charge >= 0.3 is 0 Å². The first-order valence-corrected chi connectivity index (χ1v) is 3.03. The molecule has 0 atom stereocenters. The zero-order valence-electron chi connectivity index (χ0n) is 5.51. The number of aromatic nitrogens is 4. The summed E-state index contributed by atoms with van der Waals surface area (Å²) in [4.78, 5) is 0. The Morgan fingerprint density at radius 3 is 3.27 bits per heavy atom. The molecular formula is C6H4N4O. The molecule has 0 saturated heterocycles. The van der Waals surface area contributed by atoms with Crippen LogP contribution in [-0.2, 0) is 0 Å². The van der Waals surface area contributed by atoms with E-state index in [-0.39, 0.29) is 0 Å². The number of rotatable bonds is 0. The number of hydrogen-bond acceptors (Lipinski definition) is 4. The topological polar surface area (TPSA) is 65.6 Å². The van der Waals surface area contributed by atoms with Gasteiger partial charge in [-0.2, -0.15) is 4.73 Å². The van der Waals surface area contributed by atoms with Gasteiger partial charge in [0.15, 0.2) is 12.4 Å². The van der Waals surface area contributed by atoms with E-state index in [1.165, 1.54) is 18.6 Å². The van der Waals surface area contributed by atoms with Crippen molar-refractivity contribution < 1.29 is 4.73 Å². The third-order valence-electron chi connectivity index (χ3n) is 1.34. The summed E-state index contributed by atoms with van der Waals surface area (Å²) in [5.41, 5.74) is 0.673. The molecule has 5 heteroatoms. The van der Waals surface area contributed by atoms with E-state index in [1.807, 2.05) is 0 Å². The second kappa shape index (κ2) is 2.12. The van der Waals surface area contributed by atoms with Crippen LogP contribution >= 0.6 is 0 Å². The third-order valence-corrected chi connectivity index (χ3v) is 1.34. The van der Waals surface area contributed by atoms with Crippen molar-refractivity contribution in [2.75, 3.05) is 0 Å². The van der Waals surface area contributed by atoms with Gasteiger partial charge in [0.2, 0.25) is 0 Å². The van der Waals surface area contributed by atoms with Crippen LogP contribution in [0.3, 0.4) is 0 Å². The van der Waals surface area contributed by atoms with Crippen LogP contribution in [0.15, 0.2) is 24.7 Å². The molecule has 0 aromatic carbocycles. The van der Waals surface area contributed by atoms with E-state index < -0.39 is 0 Å². The number of nitrogens with zero attached hydrogens (tertiary/aromatic N) is 4. The summed E-state index contributed by atoms with van der Waals surface area (Å²) < 4.78 is 0.700. The maximum atomic E-state index is 10.7. The molecule has 0 fully saturated rings. The van der Waals surface area contributed by atoms with E-state index >= 15 is 0 Å². The van der Waals surface area contributed by atoms with E-state index in [4.69, 9.17) is 0 Å². The summed E-state index contributed by atoms with van der Waals surface area (Å²) in [6, 6.07) is 1.59. The summed E-state index contributed by atoms with van der Waals surface area (Å²) in [5.74, 6) is 0. The Morgan fingerprint density at radius 1 is 1.45 bits per heavy atom. The molecule has 0 aliphatic rings. The molecule has 11 heavy (non-hydrogen) atoms. The van der Waals surface area contributed by atoms with Crippen molar-refractivity contribution in [2.45, 2.75) is 0 Å². The molecule has 0 aliphatic heterocycles. The maximum absolute atomic E-state index is 10.7. The summed E-state index contributed by atoms with van der Waals surface area (Å²) >= 11 is 0. The van der Waals surface area contributed by atoms with Gasteiger partial charge in [-0.1, -0.05) is 0 Å². The lowest BCUT2D eigenvalue weighted by molar-refractivity contribution is -0.603. The molecule has 0 amide bonds. The Labute approximate surface area is 61.9 Å². The van der Waals surface area contributed by atoms with Crippen LogP contribution < -0.4 is 4.73 Å². The Bertz CT molecular complexity index is 389. The van der Waals surface area contributed by atoms with Crippen LogP contribution in [0.2, 0.25) is 0 Å². The molecule has 0 N–H and O–H groups in total. The largest absolute Gasteiger partial charge is 0.619 e. The molecule has 2 aromatic rings. The van der Waals surface area contributed by atoms with Crippen molar-refractivity contribution in [1.82, 2.24) is 15.4 Å². The molecular weight excluding hydrogens is 144 g/mol. The van der Waals surface area contributed by atoms with Crippen molar-refractivity contribution in [3.63, 3.8) is 0 Å². The first kappa shape index (κ1) is 5.96. The van der Waals surface area contributed by atoms with E-state index in [0.29, 0.717) is 15.6 Å². The zero-order chi connectivity index (χ0) is 7.68. The number of pyridine rings is 1. The molecule has 2 heterocycles. The smallest absolute Gasteiger partial charge is 0.191 e. The lowest BCUT2D eigenvalue weighted by Crippen LogP contribution is -2.23. The van der Waals surface area contributed by atoms with Crippen molar-refractivity contribution in [1.29, 1.82) is 0 Å². The van der Waals surface area contributed by atoms with Crippen LogP contribution in [0.1, 0.15) is 0 Å². The van der Waals surface area contributed by atoms with Gasteiger partial charge in [0.1, 0.15) is 5.52 Å². The molecule has 0 bridgehead atoms. The molecule has 0 radical (unpaired) electrons. The van der Waals surface area contributed by atoms with Gasteiger partial charge in [-0.15, -0.1) is 10.2 Å². The minimum atomic E-state index is 0.673. The predicted molar refractivity (Wildman–Crippen MR) is 36.3 cm³/mol. The van der Waals surface area contributed by atoms with Crippen LogP contribution in [0.25, 0.3) is 10.9 Å². The van der Waals surface area contributed by atoms with Gasteiger partial charge < -0.3 is 5.21 Å². The van der Waals surface area contributed by atoms with E-state index in [2.05, 4.69) is 15.4 Å². The van der Waals surface area contributed by atoms with Gasteiger partial charge in [0.25, 0.3) is 0 Å². The highest BCUT2D eigenvalue weighted by Gasteiger charge is 1.97. The van der Waals surface area contributed by atoms with Gasteiger partial charge in [0.05, 0.1) is 11.6 Å². The minimum absolute atomic E-state index is 0.673. The van der Waals surface area contributed by atoms with Crippen LogP contribution in [0.5, 0.6) is 0 Å². The molecule has 0 saturated carbocycles. The zero-order valence-corrected chi connectivity index (χ0v) is 5.51. The molecule has 2 aromatic heterocycles. The third kappa shape index (κ3) is 0.958. The molecule has 5 nitrogen and oxygen atoms in total. The second-order valence-corrected chi connectivity index (χ2v) is 2.08. The van der Waals surface area contributed by atoms with Crippen LogP contribution in [0, 0.1) is 5.21 Å². The summed E-state index contributed by atoms with van der Waals surface area (Å²) in [5, 5.41) is 22.1. The SMILES string of the molecule is [O-][n+]1ccc2nnncc2c1. The molecule has 54 valence electrons. The normalized spacial score (nSPS) is 10.2. The number of hydrogen-bond donors (Lipinski definition) is 0. The Hall–Kier alpha value is -1.78. The monoisotopic (exact) mass is 148 g/mol. The summed E-state index contributed by atoms with van der Waals surface area (Å²) in [6.07, 6.45) is 4.27. The fourth-order valence-electron chi connectivity index (χ4n) is 0.839. The first-order chi connectivity index (χ1) is 5.36. The van der Waals surface area contributed by atoms with Gasteiger partial charge in [-0.3, -0.25) is 0 Å². The minimum Gasteiger partial charge on any atom is -0.619 e. The lowest BCUT2D eigenvalue weighted by Gasteiger charge is -1.94. The summed E-state index contributed by atoms with van der Waals surface area (Å²) in [7, 11) is 0. The summed E-state index contributed by atoms with van der Waals surface area (Å²) in [6.45, 7) is 0. The average Bonchev–Trinajstić information content (AvgIpc) is 2.04. The van der Waals surface area contributed by atoms with Gasteiger partial charge in [-0.25, -0.2) is 0 Å². The predicted octanol–water partition coefficient (Wildman–Crippen LogP) is -0.342. The Morgan fingerprint density at radius 2 is 2.36 bits per heavy atom. The van der Waals surface area contributed by atoms with E-state index in [9.17, 15) is 5.21 Å². The fourth-order valence-corrected chi connectivity index (χ4v) is 0.839. The van der Waals surface area contributed by atoms with Crippen molar-refractivity contribution in [3.05, 3.63) is 29.9 Å². The maximum Gasteiger partial charge on any atom is 0.191 e. The Balaban J connectivity index is 2.83. The van der Waals surface area contributed by atoms with Crippen molar-refractivity contribution in [3.8, 4) is 0 Å². The first-order valence-electron chi connectivity index (χ1n) is 3.03. The van der Waals surface area contributed by atoms with Crippen molar-refractivity contribution in [2.24, 2.45) is 0 Å². The molecule has 0 spiro atoms. The van der Waals surface area contributed by atoms with E-state index in [0.717, 1.165) is 0 Å². The highest BCUT2D eigenvalue weighted by Crippen LogP contribution is 2.02.